The average Bonchev–Trinajstić information content (AvgIpc) is 2.65. The summed E-state index contributed by atoms with van der Waals surface area (Å²) in [6.45, 7) is 6.62. The second-order valence-electron chi connectivity index (χ2n) is 5.36. The Kier molecular flexibility index (Phi) is 3.07. The number of nitrogens with two attached hydrogens (primary N) is 1. The quantitative estimate of drug-likeness (QED) is 0.803. The van der Waals surface area contributed by atoms with Gasteiger partial charge in [-0.3, -0.25) is 4.90 Å². The van der Waals surface area contributed by atoms with Gasteiger partial charge in [0, 0.05) is 37.4 Å². The van der Waals surface area contributed by atoms with Crippen LogP contribution < -0.4 is 10.6 Å². The molecule has 2 fully saturated rings. The van der Waals surface area contributed by atoms with Crippen molar-refractivity contribution in [3.8, 4) is 0 Å². The van der Waals surface area contributed by atoms with Crippen molar-refractivity contribution in [2.75, 3.05) is 36.8 Å². The second-order valence-corrected chi connectivity index (χ2v) is 5.36. The van der Waals surface area contributed by atoms with E-state index in [1.807, 2.05) is 13.0 Å². The van der Waals surface area contributed by atoms with Crippen LogP contribution in [0.2, 0.25) is 0 Å². The SMILES string of the molecule is Cc1cc(N2CCCN3CCC[C@H]3C2)nc(N)n1. The molecule has 2 saturated heterocycles. The first-order valence-corrected chi connectivity index (χ1v) is 6.82. The van der Waals surface area contributed by atoms with E-state index in [0.717, 1.165) is 24.6 Å². The fourth-order valence-corrected chi connectivity index (χ4v) is 3.15. The molecule has 0 amide bonds. The molecule has 1 aromatic rings. The number of anilines is 2. The van der Waals surface area contributed by atoms with E-state index in [4.69, 9.17) is 5.73 Å². The number of fused-ring (bicyclic) bond motifs is 1. The zero-order chi connectivity index (χ0) is 12.5. The predicted molar refractivity (Wildman–Crippen MR) is 72.6 cm³/mol. The molecular formula is C13H21N5. The third-order valence-corrected chi connectivity index (χ3v) is 3.99. The Morgan fingerprint density at radius 3 is 2.89 bits per heavy atom. The maximum absolute atomic E-state index is 5.75. The molecule has 1 aromatic heterocycles. The Bertz CT molecular complexity index is 413. The standard InChI is InChI=1S/C13H21N5/c1-10-8-12(16-13(14)15-10)18-7-3-6-17-5-2-4-11(17)9-18/h8,11H,2-7,9H2,1H3,(H2,14,15,16)/t11-/m0/s1. The fraction of sp³-hybridized carbons (Fsp3) is 0.692. The first-order chi connectivity index (χ1) is 8.72. The highest BCUT2D eigenvalue weighted by Gasteiger charge is 2.29. The summed E-state index contributed by atoms with van der Waals surface area (Å²) in [6.07, 6.45) is 3.86. The zero-order valence-electron chi connectivity index (χ0n) is 11.0. The monoisotopic (exact) mass is 247 g/mol. The molecular weight excluding hydrogens is 226 g/mol. The molecule has 0 spiro atoms. The summed E-state index contributed by atoms with van der Waals surface area (Å²) >= 11 is 0. The van der Waals surface area contributed by atoms with Crippen molar-refractivity contribution in [3.05, 3.63) is 11.8 Å². The van der Waals surface area contributed by atoms with Crippen molar-refractivity contribution in [2.24, 2.45) is 0 Å². The van der Waals surface area contributed by atoms with E-state index < -0.39 is 0 Å². The Hall–Kier alpha value is -1.36. The summed E-state index contributed by atoms with van der Waals surface area (Å²) in [7, 11) is 0. The van der Waals surface area contributed by atoms with Gasteiger partial charge < -0.3 is 10.6 Å². The number of nitrogen functional groups attached to an aromatic ring is 1. The maximum Gasteiger partial charge on any atom is 0.222 e. The largest absolute Gasteiger partial charge is 0.368 e. The van der Waals surface area contributed by atoms with Crippen LogP contribution in [-0.4, -0.2) is 47.1 Å². The van der Waals surface area contributed by atoms with E-state index in [-0.39, 0.29) is 0 Å². The van der Waals surface area contributed by atoms with Gasteiger partial charge in [0.25, 0.3) is 0 Å². The van der Waals surface area contributed by atoms with Gasteiger partial charge in [0.1, 0.15) is 5.82 Å². The van der Waals surface area contributed by atoms with Gasteiger partial charge >= 0.3 is 0 Å². The van der Waals surface area contributed by atoms with Crippen molar-refractivity contribution in [1.29, 1.82) is 0 Å². The molecule has 3 rings (SSSR count). The molecule has 2 N–H and O–H groups in total. The summed E-state index contributed by atoms with van der Waals surface area (Å²) < 4.78 is 0. The van der Waals surface area contributed by atoms with Crippen LogP contribution in [0.1, 0.15) is 25.0 Å². The highest BCUT2D eigenvalue weighted by atomic mass is 15.3. The van der Waals surface area contributed by atoms with Crippen LogP contribution in [0, 0.1) is 6.92 Å². The summed E-state index contributed by atoms with van der Waals surface area (Å²) in [4.78, 5) is 13.5. The fourth-order valence-electron chi connectivity index (χ4n) is 3.15. The minimum absolute atomic E-state index is 0.387. The van der Waals surface area contributed by atoms with Gasteiger partial charge in [0.15, 0.2) is 0 Å². The van der Waals surface area contributed by atoms with Crippen LogP contribution in [-0.2, 0) is 0 Å². The van der Waals surface area contributed by atoms with Crippen LogP contribution in [0.25, 0.3) is 0 Å². The molecule has 5 heteroatoms. The topological polar surface area (TPSA) is 58.3 Å². The van der Waals surface area contributed by atoms with Crippen LogP contribution in [0.5, 0.6) is 0 Å². The molecule has 0 saturated carbocycles. The molecule has 0 bridgehead atoms. The lowest BCUT2D eigenvalue weighted by Crippen LogP contribution is -2.37. The van der Waals surface area contributed by atoms with Gasteiger partial charge in [-0.05, 0) is 32.7 Å². The van der Waals surface area contributed by atoms with Crippen LogP contribution in [0.15, 0.2) is 6.07 Å². The number of aryl methyl sites for hydroxylation is 1. The number of aromatic nitrogens is 2. The molecule has 98 valence electrons. The summed E-state index contributed by atoms with van der Waals surface area (Å²) in [5.74, 6) is 1.38. The second kappa shape index (κ2) is 4.72. The summed E-state index contributed by atoms with van der Waals surface area (Å²) in [5.41, 5.74) is 6.70. The highest BCUT2D eigenvalue weighted by Crippen LogP contribution is 2.24. The lowest BCUT2D eigenvalue weighted by atomic mass is 10.2. The molecule has 3 heterocycles. The van der Waals surface area contributed by atoms with Crippen molar-refractivity contribution in [3.63, 3.8) is 0 Å². The first kappa shape index (κ1) is 11.7. The average molecular weight is 247 g/mol. The lowest BCUT2D eigenvalue weighted by molar-refractivity contribution is 0.273. The van der Waals surface area contributed by atoms with E-state index in [2.05, 4.69) is 19.8 Å². The molecule has 2 aliphatic rings. The Morgan fingerprint density at radius 1 is 1.22 bits per heavy atom. The number of hydrogen-bond acceptors (Lipinski definition) is 5. The van der Waals surface area contributed by atoms with E-state index in [9.17, 15) is 0 Å². The minimum Gasteiger partial charge on any atom is -0.368 e. The molecule has 0 unspecified atom stereocenters. The molecule has 18 heavy (non-hydrogen) atoms. The van der Waals surface area contributed by atoms with Gasteiger partial charge in [-0.25, -0.2) is 4.98 Å². The van der Waals surface area contributed by atoms with Crippen molar-refractivity contribution in [1.82, 2.24) is 14.9 Å². The zero-order valence-corrected chi connectivity index (χ0v) is 11.0. The van der Waals surface area contributed by atoms with E-state index >= 15 is 0 Å². The lowest BCUT2D eigenvalue weighted by Gasteiger charge is -2.26. The van der Waals surface area contributed by atoms with Crippen LogP contribution in [0.3, 0.4) is 0 Å². The van der Waals surface area contributed by atoms with Crippen LogP contribution >= 0.6 is 0 Å². The van der Waals surface area contributed by atoms with Gasteiger partial charge in [-0.1, -0.05) is 0 Å². The smallest absolute Gasteiger partial charge is 0.222 e. The Balaban J connectivity index is 1.82. The maximum atomic E-state index is 5.75. The minimum atomic E-state index is 0.387. The van der Waals surface area contributed by atoms with Crippen LogP contribution in [0.4, 0.5) is 11.8 Å². The van der Waals surface area contributed by atoms with E-state index in [0.29, 0.717) is 12.0 Å². The molecule has 0 radical (unpaired) electrons. The molecule has 2 aliphatic heterocycles. The van der Waals surface area contributed by atoms with Crippen molar-refractivity contribution >= 4 is 11.8 Å². The van der Waals surface area contributed by atoms with Gasteiger partial charge in [0.05, 0.1) is 0 Å². The summed E-state index contributed by atoms with van der Waals surface area (Å²) in [5, 5.41) is 0. The van der Waals surface area contributed by atoms with Gasteiger partial charge in [0.2, 0.25) is 5.95 Å². The molecule has 0 aromatic carbocycles. The predicted octanol–water partition coefficient (Wildman–Crippen LogP) is 1.04. The van der Waals surface area contributed by atoms with E-state index in [1.165, 1.54) is 32.4 Å². The highest BCUT2D eigenvalue weighted by molar-refractivity contribution is 5.43. The summed E-state index contributed by atoms with van der Waals surface area (Å²) in [6, 6.07) is 2.74. The number of hydrogen-bond donors (Lipinski definition) is 1. The third-order valence-electron chi connectivity index (χ3n) is 3.99. The molecule has 1 atom stereocenters. The number of rotatable bonds is 1. The Labute approximate surface area is 108 Å². The van der Waals surface area contributed by atoms with Crippen molar-refractivity contribution in [2.45, 2.75) is 32.2 Å². The van der Waals surface area contributed by atoms with Gasteiger partial charge in [-0.2, -0.15) is 4.98 Å². The first-order valence-electron chi connectivity index (χ1n) is 6.82. The normalized spacial score (nSPS) is 24.9. The van der Waals surface area contributed by atoms with Crippen molar-refractivity contribution < 1.29 is 0 Å². The van der Waals surface area contributed by atoms with Gasteiger partial charge in [-0.15, -0.1) is 0 Å². The third kappa shape index (κ3) is 2.27. The number of nitrogens with zero attached hydrogens (tertiary/aromatic N) is 4. The molecule has 0 aliphatic carbocycles. The Morgan fingerprint density at radius 2 is 2.06 bits per heavy atom. The van der Waals surface area contributed by atoms with E-state index in [1.54, 1.807) is 0 Å². The molecule has 5 nitrogen and oxygen atoms in total.